The van der Waals surface area contributed by atoms with E-state index in [9.17, 15) is 23.3 Å². The fourth-order valence-corrected chi connectivity index (χ4v) is 6.13. The maximum absolute atomic E-state index is 13.4. The lowest BCUT2D eigenvalue weighted by Gasteiger charge is -2.36. The second kappa shape index (κ2) is 20.1. The van der Waals surface area contributed by atoms with Crippen molar-refractivity contribution >= 4 is 47.6 Å². The summed E-state index contributed by atoms with van der Waals surface area (Å²) in [5.41, 5.74) is 1.03. The lowest BCUT2D eigenvalue weighted by atomic mass is 9.93. The van der Waals surface area contributed by atoms with E-state index < -0.39 is 13.5 Å². The van der Waals surface area contributed by atoms with Crippen molar-refractivity contribution in [2.45, 2.75) is 57.8 Å². The van der Waals surface area contributed by atoms with E-state index in [1.54, 1.807) is 23.2 Å². The first-order chi connectivity index (χ1) is 22.0. The van der Waals surface area contributed by atoms with Crippen molar-refractivity contribution in [3.05, 3.63) is 58.7 Å². The van der Waals surface area contributed by atoms with Gasteiger partial charge in [-0.2, -0.15) is 0 Å². The molecule has 2 aromatic heterocycles. The Labute approximate surface area is 274 Å². The number of amides is 2. The number of hydrogen-bond donors (Lipinski definition) is 3. The summed E-state index contributed by atoms with van der Waals surface area (Å²) in [6.45, 7) is 8.29. The summed E-state index contributed by atoms with van der Waals surface area (Å²) in [7, 11) is -1.04. The van der Waals surface area contributed by atoms with Gasteiger partial charge in [-0.1, -0.05) is 19.4 Å². The van der Waals surface area contributed by atoms with Crippen LogP contribution in [0.5, 0.6) is 5.75 Å². The molecule has 0 spiro atoms. The minimum Gasteiger partial charge on any atom is -0.493 e. The van der Waals surface area contributed by atoms with Gasteiger partial charge in [-0.3, -0.25) is 23.9 Å². The van der Waals surface area contributed by atoms with Crippen molar-refractivity contribution < 1.29 is 37.9 Å². The Morgan fingerprint density at radius 2 is 1.85 bits per heavy atom. The highest BCUT2D eigenvalue weighted by Crippen LogP contribution is 2.53. The van der Waals surface area contributed by atoms with Crippen LogP contribution in [0.15, 0.2) is 42.7 Å². The Balaban J connectivity index is 0.000000235. The summed E-state index contributed by atoms with van der Waals surface area (Å²) in [6.07, 6.45) is 10.5. The van der Waals surface area contributed by atoms with Crippen LogP contribution in [-0.4, -0.2) is 90.1 Å². The number of pyridine rings is 1. The Kier molecular flexibility index (Phi) is 17.0. The van der Waals surface area contributed by atoms with Gasteiger partial charge in [-0.15, -0.1) is 11.3 Å². The minimum absolute atomic E-state index is 0.0823. The number of nitrogens with one attached hydrogen (secondary N) is 1. The second-order valence-corrected chi connectivity index (χ2v) is 13.5. The number of rotatable bonds is 10. The number of carbonyl (C=O) groups excluding carboxylic acids is 3. The Hall–Kier alpha value is -3.22. The number of halogens is 1. The van der Waals surface area contributed by atoms with Crippen molar-refractivity contribution in [2.24, 2.45) is 0 Å². The molecule has 14 heteroatoms. The molecule has 46 heavy (non-hydrogen) atoms. The fourth-order valence-electron chi connectivity index (χ4n) is 4.72. The van der Waals surface area contributed by atoms with Crippen molar-refractivity contribution in [1.82, 2.24) is 20.1 Å². The van der Waals surface area contributed by atoms with Gasteiger partial charge >= 0.3 is 7.60 Å². The zero-order chi connectivity index (χ0) is 34.1. The molecule has 1 unspecified atom stereocenters. The van der Waals surface area contributed by atoms with Crippen LogP contribution in [0, 0.1) is 0 Å². The molecule has 2 fully saturated rings. The summed E-state index contributed by atoms with van der Waals surface area (Å²) in [5, 5.41) is 3.35. The lowest BCUT2D eigenvalue weighted by Crippen LogP contribution is -2.43. The van der Waals surface area contributed by atoms with Crippen LogP contribution in [0.2, 0.25) is 0 Å². The van der Waals surface area contributed by atoms with Crippen molar-refractivity contribution in [2.75, 3.05) is 46.9 Å². The molecule has 4 heterocycles. The second-order valence-electron chi connectivity index (χ2n) is 10.8. The number of likely N-dealkylation sites (tertiary alicyclic amines) is 2. The van der Waals surface area contributed by atoms with E-state index in [2.05, 4.69) is 17.2 Å². The summed E-state index contributed by atoms with van der Waals surface area (Å²) in [6, 6.07) is 7.65. The third-order valence-corrected chi connectivity index (χ3v) is 8.99. The van der Waals surface area contributed by atoms with E-state index in [0.29, 0.717) is 35.0 Å². The van der Waals surface area contributed by atoms with Gasteiger partial charge in [0, 0.05) is 61.2 Å². The molecule has 3 N–H and O–H groups in total. The highest BCUT2D eigenvalue weighted by atomic mass is 32.1. The SMILES string of the molecule is CCCCC(=O)N1CCCC1.CCOc1ccncc1C1CN(C=O)C1.CNC.O=Cc1cc2cc(C(F)P(=O)(O)O)ccc2s1. The Morgan fingerprint density at radius 1 is 1.17 bits per heavy atom. The molecule has 2 aliphatic heterocycles. The van der Waals surface area contributed by atoms with E-state index in [4.69, 9.17) is 14.5 Å². The first kappa shape index (κ1) is 39.0. The largest absolute Gasteiger partial charge is 0.493 e. The number of aldehydes is 1. The number of alkyl halides is 1. The zero-order valence-electron chi connectivity index (χ0n) is 26.9. The molecule has 2 saturated heterocycles. The number of hydrogen-bond acceptors (Lipinski definition) is 8. The standard InChI is InChI=1S/C11H14N2O2.C10H8FO4PS.C9H17NO.C2H7N/c1-2-15-11-3-4-12-5-10(11)9-6-13(7-9)8-14;11-10(16(13,14)15)6-1-2-9-7(3-6)4-8(5-12)17-9;1-2-3-6-9(11)10-7-4-5-8-10;1-3-2/h3-5,8-9H,2,6-7H2,1H3;1-5,10H,(H2,13,14,15);2-8H2,1H3;3H,1-2H3. The molecule has 254 valence electrons. The predicted molar refractivity (Wildman–Crippen MR) is 179 cm³/mol. The number of ether oxygens (including phenoxy) is 1. The van der Waals surface area contributed by atoms with E-state index in [-0.39, 0.29) is 5.56 Å². The van der Waals surface area contributed by atoms with E-state index >= 15 is 0 Å². The molecule has 3 aromatic rings. The Bertz CT molecular complexity index is 1420. The van der Waals surface area contributed by atoms with Gasteiger partial charge in [-0.05, 0) is 75.5 Å². The molecule has 0 aliphatic carbocycles. The van der Waals surface area contributed by atoms with E-state index in [0.717, 1.165) is 67.9 Å². The predicted octanol–water partition coefficient (Wildman–Crippen LogP) is 5.53. The smallest absolute Gasteiger partial charge is 0.363 e. The molecular weight excluding hydrogens is 634 g/mol. The monoisotopic (exact) mass is 680 g/mol. The van der Waals surface area contributed by atoms with Gasteiger partial charge in [0.15, 0.2) is 6.29 Å². The zero-order valence-corrected chi connectivity index (χ0v) is 28.6. The number of fused-ring (bicyclic) bond motifs is 1. The number of benzene rings is 1. The van der Waals surface area contributed by atoms with Crippen LogP contribution in [0.25, 0.3) is 10.1 Å². The molecule has 11 nitrogen and oxygen atoms in total. The van der Waals surface area contributed by atoms with Crippen molar-refractivity contribution in [3.8, 4) is 5.75 Å². The average Bonchev–Trinajstić information content (AvgIpc) is 3.71. The number of thiophene rings is 1. The summed E-state index contributed by atoms with van der Waals surface area (Å²) in [4.78, 5) is 58.2. The van der Waals surface area contributed by atoms with Crippen molar-refractivity contribution in [3.63, 3.8) is 0 Å². The summed E-state index contributed by atoms with van der Waals surface area (Å²) in [5.74, 6) is -0.690. The van der Waals surface area contributed by atoms with Crippen LogP contribution in [0.3, 0.4) is 0 Å². The Morgan fingerprint density at radius 3 is 2.41 bits per heavy atom. The average molecular weight is 681 g/mol. The van der Waals surface area contributed by atoms with Gasteiger partial charge in [0.05, 0.1) is 11.5 Å². The van der Waals surface area contributed by atoms with Crippen LogP contribution in [0.1, 0.15) is 78.6 Å². The normalized spacial score (nSPS) is 14.8. The topological polar surface area (TPSA) is 149 Å². The molecule has 1 atom stereocenters. The van der Waals surface area contributed by atoms with Gasteiger partial charge in [0.1, 0.15) is 5.75 Å². The molecule has 0 saturated carbocycles. The maximum atomic E-state index is 13.4. The van der Waals surface area contributed by atoms with E-state index in [1.165, 1.54) is 36.3 Å². The molecule has 1 aromatic carbocycles. The molecule has 2 amide bonds. The summed E-state index contributed by atoms with van der Waals surface area (Å²) < 4.78 is 30.5. The van der Waals surface area contributed by atoms with Gasteiger partial charge in [0.25, 0.3) is 0 Å². The number of unbranched alkanes of at least 4 members (excludes halogenated alkanes) is 1. The quantitative estimate of drug-likeness (QED) is 0.186. The third-order valence-electron chi connectivity index (χ3n) is 7.06. The first-order valence-corrected chi connectivity index (χ1v) is 17.8. The van der Waals surface area contributed by atoms with Crippen LogP contribution in [0.4, 0.5) is 4.39 Å². The van der Waals surface area contributed by atoms with Gasteiger partial charge in [-0.25, -0.2) is 4.39 Å². The van der Waals surface area contributed by atoms with Crippen LogP contribution < -0.4 is 10.1 Å². The van der Waals surface area contributed by atoms with Gasteiger partial charge < -0.3 is 29.6 Å². The molecule has 0 radical (unpaired) electrons. The number of nitrogens with zero attached hydrogens (tertiary/aromatic N) is 3. The number of carbonyl (C=O) groups is 3. The highest BCUT2D eigenvalue weighted by Gasteiger charge is 2.30. The maximum Gasteiger partial charge on any atom is 0.363 e. The molecular formula is C32H46FN4O7PS. The molecule has 5 rings (SSSR count). The third kappa shape index (κ3) is 12.2. The van der Waals surface area contributed by atoms with Gasteiger partial charge in [0.2, 0.25) is 18.2 Å². The first-order valence-electron chi connectivity index (χ1n) is 15.3. The lowest BCUT2D eigenvalue weighted by molar-refractivity contribution is -0.130. The van der Waals surface area contributed by atoms with Crippen LogP contribution in [-0.2, 0) is 14.2 Å². The highest BCUT2D eigenvalue weighted by molar-refractivity contribution is 7.51. The van der Waals surface area contributed by atoms with Crippen LogP contribution >= 0.6 is 18.9 Å². The fraction of sp³-hybridized carbons (Fsp3) is 0.500. The van der Waals surface area contributed by atoms with Crippen molar-refractivity contribution in [1.29, 1.82) is 0 Å². The minimum atomic E-state index is -4.79. The molecule has 2 aliphatic rings. The summed E-state index contributed by atoms with van der Waals surface area (Å²) >= 11 is 1.24. The van der Waals surface area contributed by atoms with E-state index in [1.807, 2.05) is 38.2 Å². The molecule has 0 bridgehead atoms. The number of aromatic nitrogens is 1.